The summed E-state index contributed by atoms with van der Waals surface area (Å²) in [5, 5.41) is 20.0. The Hall–Kier alpha value is -2.09. The molecule has 0 unspecified atom stereocenters. The van der Waals surface area contributed by atoms with Gasteiger partial charge in [-0.25, -0.2) is 4.68 Å². The molecule has 0 saturated heterocycles. The first-order chi connectivity index (χ1) is 9.65. The second-order valence-corrected chi connectivity index (χ2v) is 5.08. The molecule has 0 amide bonds. The molecule has 20 heavy (non-hydrogen) atoms. The third-order valence-corrected chi connectivity index (χ3v) is 3.31. The second-order valence-electron chi connectivity index (χ2n) is 4.02. The van der Waals surface area contributed by atoms with Crippen LogP contribution in [0.5, 0.6) is 5.75 Å². The zero-order chi connectivity index (χ0) is 14.4. The monoisotopic (exact) mass is 294 g/mol. The standard InChI is InChI=1S/C12H14N4O3S/c1-9-2-4-10(5-3-9)19-6-7-20-12-13-14-15-16(12)8-11(17)18/h2-5H,6-8H2,1H3,(H,17,18). The SMILES string of the molecule is Cc1ccc(OCCSc2nnnn2CC(=O)O)cc1. The lowest BCUT2D eigenvalue weighted by Gasteiger charge is -2.06. The molecule has 0 spiro atoms. The van der Waals surface area contributed by atoms with Gasteiger partial charge in [0.15, 0.2) is 0 Å². The smallest absolute Gasteiger partial charge is 0.325 e. The van der Waals surface area contributed by atoms with Crippen LogP contribution in [0.25, 0.3) is 0 Å². The van der Waals surface area contributed by atoms with E-state index >= 15 is 0 Å². The lowest BCUT2D eigenvalue weighted by atomic mass is 10.2. The van der Waals surface area contributed by atoms with Crippen molar-refractivity contribution in [1.82, 2.24) is 20.2 Å². The summed E-state index contributed by atoms with van der Waals surface area (Å²) < 4.78 is 6.81. The molecule has 0 radical (unpaired) electrons. The fourth-order valence-corrected chi connectivity index (χ4v) is 2.15. The number of aliphatic carboxylic acids is 1. The van der Waals surface area contributed by atoms with Crippen LogP contribution in [0.2, 0.25) is 0 Å². The van der Waals surface area contributed by atoms with E-state index in [0.717, 1.165) is 5.75 Å². The fourth-order valence-electron chi connectivity index (χ4n) is 1.45. The highest BCUT2D eigenvalue weighted by Gasteiger charge is 2.09. The number of aryl methyl sites for hydroxylation is 1. The molecule has 0 aliphatic heterocycles. The number of thioether (sulfide) groups is 1. The normalized spacial score (nSPS) is 10.4. The maximum atomic E-state index is 10.6. The Balaban J connectivity index is 1.77. The molecule has 1 aromatic carbocycles. The summed E-state index contributed by atoms with van der Waals surface area (Å²) >= 11 is 1.36. The highest BCUT2D eigenvalue weighted by Crippen LogP contribution is 2.15. The van der Waals surface area contributed by atoms with Crippen molar-refractivity contribution in [2.75, 3.05) is 12.4 Å². The maximum absolute atomic E-state index is 10.6. The van der Waals surface area contributed by atoms with E-state index in [2.05, 4.69) is 15.5 Å². The maximum Gasteiger partial charge on any atom is 0.325 e. The van der Waals surface area contributed by atoms with Crippen molar-refractivity contribution in [2.45, 2.75) is 18.6 Å². The van der Waals surface area contributed by atoms with Crippen LogP contribution >= 0.6 is 11.8 Å². The van der Waals surface area contributed by atoms with Crippen molar-refractivity contribution in [3.8, 4) is 5.75 Å². The first kappa shape index (κ1) is 14.3. The minimum Gasteiger partial charge on any atom is -0.493 e. The Labute approximate surface area is 119 Å². The molecule has 1 heterocycles. The van der Waals surface area contributed by atoms with Crippen LogP contribution in [0.3, 0.4) is 0 Å². The summed E-state index contributed by atoms with van der Waals surface area (Å²) in [4.78, 5) is 10.6. The van der Waals surface area contributed by atoms with Crippen LogP contribution in [0, 0.1) is 6.92 Å². The molecule has 2 aromatic rings. The number of benzene rings is 1. The number of hydrogen-bond donors (Lipinski definition) is 1. The topological polar surface area (TPSA) is 90.1 Å². The van der Waals surface area contributed by atoms with E-state index in [1.807, 2.05) is 31.2 Å². The number of carboxylic acid groups (broad SMARTS) is 1. The number of hydrogen-bond acceptors (Lipinski definition) is 6. The Morgan fingerprint density at radius 1 is 1.40 bits per heavy atom. The van der Waals surface area contributed by atoms with E-state index in [0.29, 0.717) is 17.5 Å². The average molecular weight is 294 g/mol. The van der Waals surface area contributed by atoms with Crippen molar-refractivity contribution >= 4 is 17.7 Å². The van der Waals surface area contributed by atoms with Gasteiger partial charge in [-0.15, -0.1) is 5.10 Å². The molecule has 8 heteroatoms. The van der Waals surface area contributed by atoms with Gasteiger partial charge in [-0.2, -0.15) is 0 Å². The molecule has 0 aliphatic rings. The lowest BCUT2D eigenvalue weighted by molar-refractivity contribution is -0.138. The van der Waals surface area contributed by atoms with Crippen molar-refractivity contribution < 1.29 is 14.6 Å². The van der Waals surface area contributed by atoms with E-state index in [1.54, 1.807) is 0 Å². The quantitative estimate of drug-likeness (QED) is 0.607. The van der Waals surface area contributed by atoms with Gasteiger partial charge < -0.3 is 9.84 Å². The molecule has 1 N–H and O–H groups in total. The predicted molar refractivity (Wildman–Crippen MR) is 72.9 cm³/mol. The number of nitrogens with zero attached hydrogens (tertiary/aromatic N) is 4. The summed E-state index contributed by atoms with van der Waals surface area (Å²) in [6.45, 7) is 2.27. The van der Waals surface area contributed by atoms with Crippen LogP contribution in [0.15, 0.2) is 29.4 Å². The minimum absolute atomic E-state index is 0.242. The van der Waals surface area contributed by atoms with Gasteiger partial charge in [0.05, 0.1) is 6.61 Å². The third-order valence-electron chi connectivity index (χ3n) is 2.39. The Kier molecular flexibility index (Phi) is 4.94. The molecule has 106 valence electrons. The Morgan fingerprint density at radius 2 is 2.15 bits per heavy atom. The first-order valence-electron chi connectivity index (χ1n) is 5.95. The number of carboxylic acids is 1. The summed E-state index contributed by atoms with van der Waals surface area (Å²) in [7, 11) is 0. The van der Waals surface area contributed by atoms with Gasteiger partial charge >= 0.3 is 5.97 Å². The highest BCUT2D eigenvalue weighted by atomic mass is 32.2. The molecule has 0 fully saturated rings. The molecule has 2 rings (SSSR count). The van der Waals surface area contributed by atoms with Crippen LogP contribution < -0.4 is 4.74 Å². The molecule has 1 aromatic heterocycles. The van der Waals surface area contributed by atoms with Crippen LogP contribution in [-0.2, 0) is 11.3 Å². The number of ether oxygens (including phenoxy) is 1. The van der Waals surface area contributed by atoms with Crippen LogP contribution in [0.1, 0.15) is 5.56 Å². The number of aromatic nitrogens is 4. The summed E-state index contributed by atoms with van der Waals surface area (Å²) in [5.41, 5.74) is 1.18. The van der Waals surface area contributed by atoms with E-state index < -0.39 is 5.97 Å². The average Bonchev–Trinajstić information content (AvgIpc) is 2.83. The van der Waals surface area contributed by atoms with Crippen molar-refractivity contribution in [1.29, 1.82) is 0 Å². The number of rotatable bonds is 7. The zero-order valence-corrected chi connectivity index (χ0v) is 11.7. The van der Waals surface area contributed by atoms with Gasteiger partial charge in [-0.3, -0.25) is 4.79 Å². The van der Waals surface area contributed by atoms with Gasteiger partial charge in [0, 0.05) is 5.75 Å². The van der Waals surface area contributed by atoms with E-state index in [1.165, 1.54) is 22.0 Å². The Bertz CT molecular complexity index is 570. The van der Waals surface area contributed by atoms with Gasteiger partial charge in [-0.05, 0) is 29.5 Å². The molecule has 7 nitrogen and oxygen atoms in total. The largest absolute Gasteiger partial charge is 0.493 e. The summed E-state index contributed by atoms with van der Waals surface area (Å²) in [6.07, 6.45) is 0. The van der Waals surface area contributed by atoms with Crippen LogP contribution in [-0.4, -0.2) is 43.6 Å². The Morgan fingerprint density at radius 3 is 2.85 bits per heavy atom. The van der Waals surface area contributed by atoms with Crippen molar-refractivity contribution in [3.05, 3.63) is 29.8 Å². The molecule has 0 saturated carbocycles. The van der Waals surface area contributed by atoms with Crippen molar-refractivity contribution in [3.63, 3.8) is 0 Å². The number of tetrazole rings is 1. The van der Waals surface area contributed by atoms with E-state index in [4.69, 9.17) is 9.84 Å². The minimum atomic E-state index is -0.977. The fraction of sp³-hybridized carbons (Fsp3) is 0.333. The van der Waals surface area contributed by atoms with Crippen LogP contribution in [0.4, 0.5) is 0 Å². The molecule has 0 atom stereocenters. The van der Waals surface area contributed by atoms with Gasteiger partial charge in [0.1, 0.15) is 12.3 Å². The van der Waals surface area contributed by atoms with Crippen molar-refractivity contribution in [2.24, 2.45) is 0 Å². The predicted octanol–water partition coefficient (Wildman–Crippen LogP) is 1.24. The van der Waals surface area contributed by atoms with E-state index in [-0.39, 0.29) is 6.54 Å². The molecule has 0 bridgehead atoms. The number of carbonyl (C=O) groups is 1. The summed E-state index contributed by atoms with van der Waals surface area (Å²) in [5.74, 6) is 0.463. The molecule has 0 aliphatic carbocycles. The van der Waals surface area contributed by atoms with Gasteiger partial charge in [-0.1, -0.05) is 29.5 Å². The third kappa shape index (κ3) is 4.23. The summed E-state index contributed by atoms with van der Waals surface area (Å²) in [6, 6.07) is 7.79. The molecular formula is C12H14N4O3S. The van der Waals surface area contributed by atoms with E-state index in [9.17, 15) is 4.79 Å². The molecular weight excluding hydrogens is 280 g/mol. The zero-order valence-electron chi connectivity index (χ0n) is 10.9. The highest BCUT2D eigenvalue weighted by molar-refractivity contribution is 7.99. The van der Waals surface area contributed by atoms with Gasteiger partial charge in [0.2, 0.25) is 5.16 Å². The lowest BCUT2D eigenvalue weighted by Crippen LogP contribution is -2.12. The second kappa shape index (κ2) is 6.90. The first-order valence-corrected chi connectivity index (χ1v) is 6.94. The van der Waals surface area contributed by atoms with Gasteiger partial charge in [0.25, 0.3) is 0 Å².